The molecule has 0 aliphatic heterocycles. The van der Waals surface area contributed by atoms with Gasteiger partial charge in [0, 0.05) is 12.1 Å². The number of carboxylic acid groups (broad SMARTS) is 1. The number of unbranched alkanes of at least 4 members (excludes halogenated alkanes) is 6. The Morgan fingerprint density at radius 1 is 1.08 bits per heavy atom. The average Bonchev–Trinajstić information content (AvgIpc) is 2.55. The van der Waals surface area contributed by atoms with Gasteiger partial charge < -0.3 is 9.84 Å². The molecule has 0 amide bonds. The molecule has 0 spiro atoms. The summed E-state index contributed by atoms with van der Waals surface area (Å²) in [7, 11) is 0. The molecular formula is C19H25FO4. The van der Waals surface area contributed by atoms with Gasteiger partial charge in [0.1, 0.15) is 11.6 Å². The van der Waals surface area contributed by atoms with E-state index in [1.165, 1.54) is 44.2 Å². The average molecular weight is 336 g/mol. The van der Waals surface area contributed by atoms with Crippen LogP contribution in [0.3, 0.4) is 0 Å². The van der Waals surface area contributed by atoms with Crippen LogP contribution in [0.4, 0.5) is 4.39 Å². The number of halogens is 1. The Kier molecular flexibility index (Phi) is 9.42. The summed E-state index contributed by atoms with van der Waals surface area (Å²) in [6, 6.07) is 3.99. The molecule has 0 saturated carbocycles. The van der Waals surface area contributed by atoms with Gasteiger partial charge >= 0.3 is 5.97 Å². The third-order valence-electron chi connectivity index (χ3n) is 3.60. The van der Waals surface area contributed by atoms with Gasteiger partial charge in [-0.2, -0.15) is 0 Å². The smallest absolute Gasteiger partial charge is 0.328 e. The number of allylic oxidation sites excluding steroid dienone is 1. The molecule has 0 saturated heterocycles. The van der Waals surface area contributed by atoms with Crippen LogP contribution in [0.1, 0.15) is 62.2 Å². The van der Waals surface area contributed by atoms with Gasteiger partial charge in [-0.3, -0.25) is 4.79 Å². The second kappa shape index (κ2) is 11.4. The van der Waals surface area contributed by atoms with Gasteiger partial charge in [-0.25, -0.2) is 9.18 Å². The van der Waals surface area contributed by atoms with Gasteiger partial charge in [0.2, 0.25) is 0 Å². The van der Waals surface area contributed by atoms with Gasteiger partial charge in [-0.1, -0.05) is 45.4 Å². The second-order valence-electron chi connectivity index (χ2n) is 5.65. The normalized spacial score (nSPS) is 10.9. The predicted molar refractivity (Wildman–Crippen MR) is 91.0 cm³/mol. The number of benzene rings is 1. The Labute approximate surface area is 142 Å². The zero-order valence-corrected chi connectivity index (χ0v) is 14.1. The first kappa shape index (κ1) is 19.9. The molecule has 5 heteroatoms. The molecule has 0 bridgehead atoms. The van der Waals surface area contributed by atoms with Crippen molar-refractivity contribution in [2.45, 2.75) is 51.9 Å². The van der Waals surface area contributed by atoms with Crippen LogP contribution in [0.2, 0.25) is 0 Å². The molecule has 24 heavy (non-hydrogen) atoms. The molecule has 0 fully saturated rings. The van der Waals surface area contributed by atoms with Gasteiger partial charge in [0.15, 0.2) is 5.78 Å². The van der Waals surface area contributed by atoms with E-state index in [-0.39, 0.29) is 5.56 Å². The Morgan fingerprint density at radius 3 is 2.38 bits per heavy atom. The number of carbonyl (C=O) groups excluding carboxylic acids is 1. The SMILES string of the molecule is CCCCCCCCCOc1ccc(C(=O)/C=C/C(=O)O)c(F)c1. The van der Waals surface area contributed by atoms with Crippen LogP contribution in [-0.2, 0) is 4.79 Å². The summed E-state index contributed by atoms with van der Waals surface area (Å²) in [4.78, 5) is 22.0. The minimum absolute atomic E-state index is 0.171. The monoisotopic (exact) mass is 336 g/mol. The topological polar surface area (TPSA) is 63.6 Å². The molecule has 0 unspecified atom stereocenters. The highest BCUT2D eigenvalue weighted by molar-refractivity contribution is 6.07. The highest BCUT2D eigenvalue weighted by Gasteiger charge is 2.10. The van der Waals surface area contributed by atoms with E-state index < -0.39 is 17.6 Å². The fraction of sp³-hybridized carbons (Fsp3) is 0.474. The summed E-state index contributed by atoms with van der Waals surface area (Å²) in [6.07, 6.45) is 9.73. The maximum Gasteiger partial charge on any atom is 0.328 e. The molecule has 1 aromatic carbocycles. The van der Waals surface area contributed by atoms with E-state index in [4.69, 9.17) is 9.84 Å². The van der Waals surface area contributed by atoms with Crippen LogP contribution in [0.5, 0.6) is 5.75 Å². The number of carboxylic acids is 1. The molecule has 1 N–H and O–H groups in total. The minimum Gasteiger partial charge on any atom is -0.493 e. The Bertz CT molecular complexity index is 566. The van der Waals surface area contributed by atoms with Crippen molar-refractivity contribution in [3.8, 4) is 5.75 Å². The molecule has 132 valence electrons. The van der Waals surface area contributed by atoms with Crippen LogP contribution < -0.4 is 4.74 Å². The molecule has 1 rings (SSSR count). The van der Waals surface area contributed by atoms with E-state index in [0.717, 1.165) is 25.0 Å². The van der Waals surface area contributed by atoms with E-state index in [0.29, 0.717) is 18.4 Å². The molecule has 1 aromatic rings. The van der Waals surface area contributed by atoms with Crippen LogP contribution >= 0.6 is 0 Å². The van der Waals surface area contributed by atoms with Crippen molar-refractivity contribution >= 4 is 11.8 Å². The second-order valence-corrected chi connectivity index (χ2v) is 5.65. The van der Waals surface area contributed by atoms with Gasteiger partial charge in [0.25, 0.3) is 0 Å². The molecule has 0 aliphatic carbocycles. The summed E-state index contributed by atoms with van der Waals surface area (Å²) < 4.78 is 19.4. The number of hydrogen-bond acceptors (Lipinski definition) is 3. The number of ether oxygens (including phenoxy) is 1. The standard InChI is InChI=1S/C19H25FO4/c1-2-3-4-5-6-7-8-13-24-15-9-10-16(17(20)14-15)18(21)11-12-19(22)23/h9-12,14H,2-8,13H2,1H3,(H,22,23)/b12-11+. The van der Waals surface area contributed by atoms with Crippen LogP contribution in [0, 0.1) is 5.82 Å². The van der Waals surface area contributed by atoms with Crippen molar-refractivity contribution < 1.29 is 23.8 Å². The van der Waals surface area contributed by atoms with Crippen molar-refractivity contribution in [1.82, 2.24) is 0 Å². The first-order chi connectivity index (χ1) is 11.5. The fourth-order valence-corrected chi connectivity index (χ4v) is 2.27. The third-order valence-corrected chi connectivity index (χ3v) is 3.60. The van der Waals surface area contributed by atoms with Crippen molar-refractivity contribution in [3.63, 3.8) is 0 Å². The number of rotatable bonds is 12. The van der Waals surface area contributed by atoms with Crippen LogP contribution in [-0.4, -0.2) is 23.5 Å². The molecule has 4 nitrogen and oxygen atoms in total. The zero-order chi connectivity index (χ0) is 17.8. The first-order valence-electron chi connectivity index (χ1n) is 8.42. The molecule has 0 aliphatic rings. The summed E-state index contributed by atoms with van der Waals surface area (Å²) in [5.74, 6) is -2.28. The highest BCUT2D eigenvalue weighted by atomic mass is 19.1. The van der Waals surface area contributed by atoms with E-state index in [1.807, 2.05) is 0 Å². The largest absolute Gasteiger partial charge is 0.493 e. The number of carbonyl (C=O) groups is 2. The molecular weight excluding hydrogens is 311 g/mol. The van der Waals surface area contributed by atoms with E-state index in [2.05, 4.69) is 6.92 Å². The lowest BCUT2D eigenvalue weighted by Crippen LogP contribution is -2.02. The number of aliphatic carboxylic acids is 1. The summed E-state index contributed by atoms with van der Waals surface area (Å²) in [5.41, 5.74) is -0.171. The van der Waals surface area contributed by atoms with E-state index in [1.54, 1.807) is 0 Å². The lowest BCUT2D eigenvalue weighted by Gasteiger charge is -2.07. The van der Waals surface area contributed by atoms with E-state index >= 15 is 0 Å². The zero-order valence-electron chi connectivity index (χ0n) is 14.1. The first-order valence-corrected chi connectivity index (χ1v) is 8.42. The number of ketones is 1. The molecule has 0 heterocycles. The summed E-state index contributed by atoms with van der Waals surface area (Å²) in [6.45, 7) is 2.70. The van der Waals surface area contributed by atoms with Crippen molar-refractivity contribution in [3.05, 3.63) is 41.7 Å². The quantitative estimate of drug-likeness (QED) is 0.339. The lowest BCUT2D eigenvalue weighted by molar-refractivity contribution is -0.131. The maximum absolute atomic E-state index is 13.9. The van der Waals surface area contributed by atoms with Gasteiger partial charge in [-0.05, 0) is 24.6 Å². The molecule has 0 aromatic heterocycles. The van der Waals surface area contributed by atoms with Crippen LogP contribution in [0.25, 0.3) is 0 Å². The van der Waals surface area contributed by atoms with Gasteiger partial charge in [-0.15, -0.1) is 0 Å². The molecule has 0 radical (unpaired) electrons. The number of hydrogen-bond donors (Lipinski definition) is 1. The van der Waals surface area contributed by atoms with E-state index in [9.17, 15) is 14.0 Å². The summed E-state index contributed by atoms with van der Waals surface area (Å²) in [5, 5.41) is 8.47. The minimum atomic E-state index is -1.25. The summed E-state index contributed by atoms with van der Waals surface area (Å²) >= 11 is 0. The lowest BCUT2D eigenvalue weighted by atomic mass is 10.1. The Hall–Kier alpha value is -2.17. The van der Waals surface area contributed by atoms with Crippen molar-refractivity contribution in [2.24, 2.45) is 0 Å². The van der Waals surface area contributed by atoms with Crippen LogP contribution in [0.15, 0.2) is 30.4 Å². The Balaban J connectivity index is 2.37. The Morgan fingerprint density at radius 2 is 1.75 bits per heavy atom. The maximum atomic E-state index is 13.9. The molecule has 0 atom stereocenters. The highest BCUT2D eigenvalue weighted by Crippen LogP contribution is 2.18. The van der Waals surface area contributed by atoms with Gasteiger partial charge in [0.05, 0.1) is 12.2 Å². The van der Waals surface area contributed by atoms with Crippen molar-refractivity contribution in [2.75, 3.05) is 6.61 Å². The third kappa shape index (κ3) is 7.90. The predicted octanol–water partition coefficient (Wildman–Crippen LogP) is 4.78. The fourth-order valence-electron chi connectivity index (χ4n) is 2.27. The van der Waals surface area contributed by atoms with Crippen molar-refractivity contribution in [1.29, 1.82) is 0 Å².